The van der Waals surface area contributed by atoms with E-state index in [-0.39, 0.29) is 23.3 Å². The van der Waals surface area contributed by atoms with Gasteiger partial charge in [0.25, 0.3) is 0 Å². The maximum absolute atomic E-state index is 15.3. The van der Waals surface area contributed by atoms with E-state index in [2.05, 4.69) is 9.88 Å². The number of hydrogen-bond donors (Lipinski definition) is 0. The quantitative estimate of drug-likeness (QED) is 0.582. The third-order valence-electron chi connectivity index (χ3n) is 7.03. The summed E-state index contributed by atoms with van der Waals surface area (Å²) in [7, 11) is 0. The number of fused-ring (bicyclic) bond motifs is 6. The average Bonchev–Trinajstić information content (AvgIpc) is 3.34. The van der Waals surface area contributed by atoms with Gasteiger partial charge in [0, 0.05) is 35.6 Å². The minimum atomic E-state index is -0.535. The van der Waals surface area contributed by atoms with Crippen LogP contribution in [0.4, 0.5) is 15.0 Å². The summed E-state index contributed by atoms with van der Waals surface area (Å²) in [6, 6.07) is 0.0645. The fourth-order valence-electron chi connectivity index (χ4n) is 5.58. The highest BCUT2D eigenvalue weighted by Crippen LogP contribution is 2.57. The number of aromatic nitrogens is 2. The Kier molecular flexibility index (Phi) is 4.25. The number of amides is 1. The topological polar surface area (TPSA) is 67.8 Å². The molecule has 2 aromatic heterocycles. The van der Waals surface area contributed by atoms with Crippen LogP contribution >= 0.6 is 11.6 Å². The van der Waals surface area contributed by atoms with E-state index in [0.29, 0.717) is 36.3 Å². The molecule has 2 saturated heterocycles. The molecular formula is C23H26ClFN4O3. The molecule has 9 heteroatoms. The van der Waals surface area contributed by atoms with Gasteiger partial charge in [-0.1, -0.05) is 11.6 Å². The monoisotopic (exact) mass is 460 g/mol. The molecular weight excluding hydrogens is 435 g/mol. The molecule has 0 N–H and O–H groups in total. The maximum Gasteiger partial charge on any atom is 0.410 e. The molecule has 1 spiro atoms. The Hall–Kier alpha value is -2.19. The number of nitrogens with zero attached hydrogens (tertiary/aromatic N) is 4. The van der Waals surface area contributed by atoms with E-state index in [1.54, 1.807) is 6.20 Å². The van der Waals surface area contributed by atoms with E-state index >= 15 is 4.39 Å². The van der Waals surface area contributed by atoms with Gasteiger partial charge in [0.05, 0.1) is 30.0 Å². The summed E-state index contributed by atoms with van der Waals surface area (Å²) < 4.78 is 27.0. The third kappa shape index (κ3) is 2.99. The molecule has 4 aliphatic rings. The summed E-state index contributed by atoms with van der Waals surface area (Å²) in [6.45, 7) is 7.25. The molecule has 5 heterocycles. The smallest absolute Gasteiger partial charge is 0.410 e. The summed E-state index contributed by atoms with van der Waals surface area (Å²) in [5.74, 6) is 0.194. The van der Waals surface area contributed by atoms with Crippen molar-refractivity contribution in [2.75, 3.05) is 18.0 Å². The first-order valence-electron chi connectivity index (χ1n) is 11.2. The molecule has 2 unspecified atom stereocenters. The first-order chi connectivity index (χ1) is 15.2. The first kappa shape index (κ1) is 20.4. The number of carbonyl (C=O) groups is 1. The van der Waals surface area contributed by atoms with Crippen LogP contribution < -0.4 is 4.90 Å². The Morgan fingerprint density at radius 1 is 1.28 bits per heavy atom. The van der Waals surface area contributed by atoms with Crippen LogP contribution in [-0.2, 0) is 21.7 Å². The van der Waals surface area contributed by atoms with Crippen molar-refractivity contribution in [3.05, 3.63) is 28.4 Å². The fraction of sp³-hybridized carbons (Fsp3) is 0.609. The number of hydrogen-bond acceptors (Lipinski definition) is 6. The molecule has 3 aliphatic heterocycles. The van der Waals surface area contributed by atoms with Gasteiger partial charge in [0.15, 0.2) is 11.0 Å². The Balaban J connectivity index is 1.39. The van der Waals surface area contributed by atoms with Crippen molar-refractivity contribution in [3.8, 4) is 0 Å². The molecule has 1 saturated carbocycles. The fourth-order valence-corrected chi connectivity index (χ4v) is 5.72. The third-order valence-corrected chi connectivity index (χ3v) is 7.29. The van der Waals surface area contributed by atoms with Gasteiger partial charge in [0.2, 0.25) is 0 Å². The van der Waals surface area contributed by atoms with Gasteiger partial charge in [-0.25, -0.2) is 19.2 Å². The molecule has 0 aromatic carbocycles. The summed E-state index contributed by atoms with van der Waals surface area (Å²) in [5, 5.41) is 1.02. The highest BCUT2D eigenvalue weighted by atomic mass is 35.5. The SMILES string of the molecule is CC(C)(C)OC(=O)N1C2CCC1CN(c1nc3c(c4c(F)c(Cl)ncc14)C1(CC1)OC3)C2. The molecule has 1 aliphatic carbocycles. The second kappa shape index (κ2) is 6.67. The van der Waals surface area contributed by atoms with E-state index in [4.69, 9.17) is 26.1 Å². The van der Waals surface area contributed by atoms with Gasteiger partial charge in [-0.2, -0.15) is 0 Å². The lowest BCUT2D eigenvalue weighted by Crippen LogP contribution is -2.57. The lowest BCUT2D eigenvalue weighted by atomic mass is 9.99. The molecule has 1 amide bonds. The number of piperazine rings is 1. The molecule has 6 rings (SSSR count). The first-order valence-corrected chi connectivity index (χ1v) is 11.6. The molecule has 170 valence electrons. The van der Waals surface area contributed by atoms with Crippen LogP contribution in [0.3, 0.4) is 0 Å². The van der Waals surface area contributed by atoms with Crippen LogP contribution in [0.5, 0.6) is 0 Å². The second-order valence-electron chi connectivity index (χ2n) is 10.4. The normalized spacial score (nSPS) is 25.5. The number of pyridine rings is 2. The molecule has 0 radical (unpaired) electrons. The lowest BCUT2D eigenvalue weighted by Gasteiger charge is -2.42. The van der Waals surface area contributed by atoms with Crippen LogP contribution in [-0.4, -0.2) is 51.7 Å². The standard InChI is InChI=1S/C23H26ClFN4O3/c1-22(2,3)32-21(30)29-12-4-5-13(29)10-28(9-12)20-14-8-26-19(24)18(25)16(14)17-15(27-20)11-31-23(17)6-7-23/h8,12-13H,4-7,9-11H2,1-3H3. The number of carbonyl (C=O) groups excluding carboxylic acids is 1. The van der Waals surface area contributed by atoms with Crippen LogP contribution in [0.25, 0.3) is 10.8 Å². The highest BCUT2D eigenvalue weighted by molar-refractivity contribution is 6.30. The molecule has 3 fully saturated rings. The van der Waals surface area contributed by atoms with E-state index in [1.165, 1.54) is 0 Å². The minimum absolute atomic E-state index is 0.0323. The molecule has 2 aromatic rings. The summed E-state index contributed by atoms with van der Waals surface area (Å²) in [6.07, 6.45) is 4.92. The molecule has 2 atom stereocenters. The Labute approximate surface area is 190 Å². The van der Waals surface area contributed by atoms with Crippen molar-refractivity contribution in [1.29, 1.82) is 0 Å². The predicted octanol–water partition coefficient (Wildman–Crippen LogP) is 4.53. The number of halogens is 2. The van der Waals surface area contributed by atoms with Gasteiger partial charge in [-0.3, -0.25) is 4.90 Å². The van der Waals surface area contributed by atoms with Crippen LogP contribution in [0.2, 0.25) is 5.15 Å². The van der Waals surface area contributed by atoms with Gasteiger partial charge in [-0.05, 0) is 46.5 Å². The zero-order chi connectivity index (χ0) is 22.4. The minimum Gasteiger partial charge on any atom is -0.444 e. The van der Waals surface area contributed by atoms with Gasteiger partial charge < -0.3 is 14.4 Å². The van der Waals surface area contributed by atoms with Crippen molar-refractivity contribution in [3.63, 3.8) is 0 Å². The summed E-state index contributed by atoms with van der Waals surface area (Å²) >= 11 is 6.09. The average molecular weight is 461 g/mol. The van der Waals surface area contributed by atoms with Crippen molar-refractivity contribution >= 4 is 34.3 Å². The van der Waals surface area contributed by atoms with Gasteiger partial charge >= 0.3 is 6.09 Å². The Bertz CT molecular complexity index is 1130. The van der Waals surface area contributed by atoms with Crippen LogP contribution in [0, 0.1) is 5.82 Å². The zero-order valence-electron chi connectivity index (χ0n) is 18.5. The van der Waals surface area contributed by atoms with Crippen molar-refractivity contribution < 1.29 is 18.7 Å². The van der Waals surface area contributed by atoms with Crippen molar-refractivity contribution in [2.45, 2.75) is 76.3 Å². The van der Waals surface area contributed by atoms with E-state index in [9.17, 15) is 4.79 Å². The van der Waals surface area contributed by atoms with Gasteiger partial charge in [0.1, 0.15) is 11.4 Å². The van der Waals surface area contributed by atoms with E-state index in [1.807, 2.05) is 25.7 Å². The second-order valence-corrected chi connectivity index (χ2v) is 10.7. The molecule has 32 heavy (non-hydrogen) atoms. The van der Waals surface area contributed by atoms with E-state index in [0.717, 1.165) is 36.9 Å². The van der Waals surface area contributed by atoms with E-state index < -0.39 is 17.0 Å². The number of ether oxygens (including phenoxy) is 2. The van der Waals surface area contributed by atoms with Crippen molar-refractivity contribution in [1.82, 2.24) is 14.9 Å². The summed E-state index contributed by atoms with van der Waals surface area (Å²) in [4.78, 5) is 25.9. The lowest BCUT2D eigenvalue weighted by molar-refractivity contribution is 0.0123. The Morgan fingerprint density at radius 3 is 2.59 bits per heavy atom. The molecule has 7 nitrogen and oxygen atoms in total. The maximum atomic E-state index is 15.3. The van der Waals surface area contributed by atoms with Gasteiger partial charge in [-0.15, -0.1) is 0 Å². The largest absolute Gasteiger partial charge is 0.444 e. The van der Waals surface area contributed by atoms with Crippen LogP contribution in [0.15, 0.2) is 6.20 Å². The summed E-state index contributed by atoms with van der Waals surface area (Å²) in [5.41, 5.74) is 0.674. The predicted molar refractivity (Wildman–Crippen MR) is 117 cm³/mol. The number of anilines is 1. The highest BCUT2D eigenvalue weighted by Gasteiger charge is 2.53. The Morgan fingerprint density at radius 2 is 1.97 bits per heavy atom. The number of rotatable bonds is 1. The van der Waals surface area contributed by atoms with Crippen molar-refractivity contribution in [2.24, 2.45) is 0 Å². The molecule has 2 bridgehead atoms. The zero-order valence-corrected chi connectivity index (χ0v) is 19.2. The van der Waals surface area contributed by atoms with Crippen LogP contribution in [0.1, 0.15) is 57.7 Å².